The molecule has 1 rings (SSSR count). The lowest BCUT2D eigenvalue weighted by molar-refractivity contribution is -0.181. The summed E-state index contributed by atoms with van der Waals surface area (Å²) < 4.78 is 38.6. The molecule has 1 fully saturated rings. The first-order valence-electron chi connectivity index (χ1n) is 10.2. The minimum Gasteiger partial charge on any atom is -0.357 e. The fraction of sp³-hybridized carbons (Fsp3) is 0.947. The van der Waals surface area contributed by atoms with Crippen LogP contribution < -0.4 is 5.32 Å². The Bertz CT molecular complexity index is 424. The molecular weight excluding hydrogens is 482 g/mol. The molecule has 0 amide bonds. The Labute approximate surface area is 186 Å². The maximum atomic E-state index is 12.9. The molecule has 0 aromatic heterocycles. The molecule has 1 atom stereocenters. The second kappa shape index (κ2) is 14.7. The molecule has 0 aromatic carbocycles. The Morgan fingerprint density at radius 2 is 1.61 bits per heavy atom. The van der Waals surface area contributed by atoms with Crippen LogP contribution in [0.1, 0.15) is 46.0 Å². The molecule has 5 nitrogen and oxygen atoms in total. The molecule has 1 saturated heterocycles. The van der Waals surface area contributed by atoms with Crippen LogP contribution in [0.15, 0.2) is 4.99 Å². The number of nitrogens with zero attached hydrogens (tertiary/aromatic N) is 4. The maximum absolute atomic E-state index is 12.9. The Morgan fingerprint density at radius 1 is 1.04 bits per heavy atom. The van der Waals surface area contributed by atoms with Gasteiger partial charge < -0.3 is 15.1 Å². The summed E-state index contributed by atoms with van der Waals surface area (Å²) in [6.07, 6.45) is 1.79. The van der Waals surface area contributed by atoms with Gasteiger partial charge >= 0.3 is 6.18 Å². The van der Waals surface area contributed by atoms with Crippen molar-refractivity contribution in [2.24, 2.45) is 4.99 Å². The number of unbranched alkanes of at least 4 members (excludes halogenated alkanes) is 4. The summed E-state index contributed by atoms with van der Waals surface area (Å²) in [4.78, 5) is 10.5. The van der Waals surface area contributed by atoms with Gasteiger partial charge in [0.05, 0.1) is 0 Å². The topological polar surface area (TPSA) is 34.1 Å². The molecule has 1 aliphatic rings. The van der Waals surface area contributed by atoms with Crippen LogP contribution in [-0.2, 0) is 0 Å². The maximum Gasteiger partial charge on any atom is 0.403 e. The van der Waals surface area contributed by atoms with E-state index in [1.807, 2.05) is 6.92 Å². The number of rotatable bonds is 10. The van der Waals surface area contributed by atoms with Crippen LogP contribution in [0.2, 0.25) is 0 Å². The Hall–Kier alpha value is -0.290. The van der Waals surface area contributed by atoms with Crippen molar-refractivity contribution in [1.29, 1.82) is 0 Å². The molecule has 0 radical (unpaired) electrons. The highest BCUT2D eigenvalue weighted by Crippen LogP contribution is 2.25. The summed E-state index contributed by atoms with van der Waals surface area (Å²) in [5.41, 5.74) is 0. The van der Waals surface area contributed by atoms with Gasteiger partial charge in [0.25, 0.3) is 0 Å². The van der Waals surface area contributed by atoms with Crippen LogP contribution in [0.25, 0.3) is 0 Å². The van der Waals surface area contributed by atoms with Gasteiger partial charge in [-0.3, -0.25) is 9.89 Å². The van der Waals surface area contributed by atoms with Crippen LogP contribution in [-0.4, -0.2) is 92.8 Å². The van der Waals surface area contributed by atoms with E-state index in [0.717, 1.165) is 32.0 Å². The Morgan fingerprint density at radius 3 is 2.14 bits per heavy atom. The molecule has 1 aliphatic heterocycles. The third kappa shape index (κ3) is 11.0. The summed E-state index contributed by atoms with van der Waals surface area (Å²) in [6.45, 7) is 7.93. The van der Waals surface area contributed by atoms with Crippen molar-refractivity contribution in [3.63, 3.8) is 0 Å². The van der Waals surface area contributed by atoms with E-state index in [2.05, 4.69) is 34.2 Å². The molecule has 28 heavy (non-hydrogen) atoms. The first kappa shape index (κ1) is 27.7. The summed E-state index contributed by atoms with van der Waals surface area (Å²) in [7, 11) is 4.20. The van der Waals surface area contributed by atoms with Gasteiger partial charge in [-0.25, -0.2) is 0 Å². The molecule has 0 spiro atoms. The van der Waals surface area contributed by atoms with E-state index in [-0.39, 0.29) is 24.0 Å². The number of nitrogens with one attached hydrogen (secondary N) is 1. The molecule has 1 unspecified atom stereocenters. The molecule has 9 heteroatoms. The number of hydrogen-bond donors (Lipinski definition) is 1. The zero-order valence-electron chi connectivity index (χ0n) is 17.9. The normalized spacial score (nSPS) is 17.6. The fourth-order valence-corrected chi connectivity index (χ4v) is 3.21. The zero-order valence-corrected chi connectivity index (χ0v) is 20.2. The Balaban J connectivity index is 0.00000729. The van der Waals surface area contributed by atoms with E-state index >= 15 is 0 Å². The molecule has 0 aliphatic carbocycles. The quantitative estimate of drug-likeness (QED) is 0.206. The lowest BCUT2D eigenvalue weighted by atomic mass is 10.1. The van der Waals surface area contributed by atoms with Crippen molar-refractivity contribution in [3.8, 4) is 0 Å². The third-order valence-electron chi connectivity index (χ3n) is 5.00. The minimum atomic E-state index is -4.16. The molecule has 1 heterocycles. The van der Waals surface area contributed by atoms with Gasteiger partial charge in [-0.1, -0.05) is 19.3 Å². The van der Waals surface area contributed by atoms with Crippen molar-refractivity contribution < 1.29 is 13.2 Å². The fourth-order valence-electron chi connectivity index (χ4n) is 3.21. The van der Waals surface area contributed by atoms with Crippen LogP contribution in [0, 0.1) is 0 Å². The first-order valence-corrected chi connectivity index (χ1v) is 10.2. The molecular formula is C19H39F3IN5. The zero-order chi connectivity index (χ0) is 20.3. The largest absolute Gasteiger partial charge is 0.403 e. The van der Waals surface area contributed by atoms with Crippen molar-refractivity contribution in [1.82, 2.24) is 20.0 Å². The molecule has 0 bridgehead atoms. The highest BCUT2D eigenvalue weighted by Gasteiger charge is 2.41. The second-order valence-corrected chi connectivity index (χ2v) is 7.55. The summed E-state index contributed by atoms with van der Waals surface area (Å²) >= 11 is 0. The number of aliphatic imine (C=N–C) groups is 1. The Kier molecular flexibility index (Phi) is 14.5. The van der Waals surface area contributed by atoms with E-state index in [9.17, 15) is 13.2 Å². The van der Waals surface area contributed by atoms with Crippen LogP contribution in [0.3, 0.4) is 0 Å². The average molecular weight is 521 g/mol. The van der Waals surface area contributed by atoms with Crippen molar-refractivity contribution in [2.75, 3.05) is 59.9 Å². The highest BCUT2D eigenvalue weighted by molar-refractivity contribution is 14.0. The highest BCUT2D eigenvalue weighted by atomic mass is 127. The van der Waals surface area contributed by atoms with Gasteiger partial charge in [-0.2, -0.15) is 13.2 Å². The lowest BCUT2D eigenvalue weighted by Gasteiger charge is -2.39. The van der Waals surface area contributed by atoms with Crippen LogP contribution >= 0.6 is 24.0 Å². The van der Waals surface area contributed by atoms with Gasteiger partial charge in [0, 0.05) is 39.3 Å². The molecule has 168 valence electrons. The predicted molar refractivity (Wildman–Crippen MR) is 122 cm³/mol. The van der Waals surface area contributed by atoms with Crippen molar-refractivity contribution >= 4 is 29.9 Å². The van der Waals surface area contributed by atoms with E-state index in [1.165, 1.54) is 37.5 Å². The van der Waals surface area contributed by atoms with Crippen LogP contribution in [0.4, 0.5) is 13.2 Å². The molecule has 1 N–H and O–H groups in total. The number of halogens is 4. The van der Waals surface area contributed by atoms with E-state index in [4.69, 9.17) is 0 Å². The number of alkyl halides is 3. The van der Waals surface area contributed by atoms with Crippen molar-refractivity contribution in [3.05, 3.63) is 0 Å². The smallest absolute Gasteiger partial charge is 0.357 e. The van der Waals surface area contributed by atoms with Gasteiger partial charge in [0.15, 0.2) is 5.96 Å². The first-order chi connectivity index (χ1) is 12.8. The van der Waals surface area contributed by atoms with Gasteiger partial charge in [0.2, 0.25) is 0 Å². The summed E-state index contributed by atoms with van der Waals surface area (Å²) in [6, 6.07) is -1.38. The third-order valence-corrected chi connectivity index (χ3v) is 5.00. The summed E-state index contributed by atoms with van der Waals surface area (Å²) in [5, 5.41) is 3.28. The van der Waals surface area contributed by atoms with Gasteiger partial charge in [-0.15, -0.1) is 24.0 Å². The number of piperazine rings is 1. The number of hydrogen-bond acceptors (Lipinski definition) is 3. The van der Waals surface area contributed by atoms with E-state index < -0.39 is 12.2 Å². The van der Waals surface area contributed by atoms with Crippen LogP contribution in [0.5, 0.6) is 0 Å². The average Bonchev–Trinajstić information content (AvgIpc) is 2.61. The number of guanidine groups is 1. The predicted octanol–water partition coefficient (Wildman–Crippen LogP) is 3.65. The monoisotopic (exact) mass is 521 g/mol. The van der Waals surface area contributed by atoms with Gasteiger partial charge in [-0.05, 0) is 47.3 Å². The molecule has 0 aromatic rings. The lowest BCUT2D eigenvalue weighted by Crippen LogP contribution is -2.56. The van der Waals surface area contributed by atoms with Crippen molar-refractivity contribution in [2.45, 2.75) is 58.2 Å². The standard InChI is InChI=1S/C19H38F3N5.HI/c1-5-23-18(24-11-9-7-6-8-10-12-25(3)4)27-15-13-26(14-16-27)17(2)19(20,21)22;/h17H,5-16H2,1-4H3,(H,23,24);1H. The van der Waals surface area contributed by atoms with E-state index in [1.54, 1.807) is 0 Å². The van der Waals surface area contributed by atoms with E-state index in [0.29, 0.717) is 26.2 Å². The summed E-state index contributed by atoms with van der Waals surface area (Å²) in [5.74, 6) is 0.837. The van der Waals surface area contributed by atoms with Gasteiger partial charge in [0.1, 0.15) is 6.04 Å². The SMILES string of the molecule is CCNC(=NCCCCCCCN(C)C)N1CCN(C(C)C(F)(F)F)CC1.I. The molecule has 0 saturated carbocycles. The minimum absolute atomic E-state index is 0. The second-order valence-electron chi connectivity index (χ2n) is 7.55.